The number of anilines is 1. The third-order valence-electron chi connectivity index (χ3n) is 3.21. The van der Waals surface area contributed by atoms with Crippen molar-refractivity contribution in [3.8, 4) is 0 Å². The zero-order valence-electron chi connectivity index (χ0n) is 13.0. The summed E-state index contributed by atoms with van der Waals surface area (Å²) in [7, 11) is 0. The zero-order chi connectivity index (χ0) is 15.8. The highest BCUT2D eigenvalue weighted by Crippen LogP contribution is 2.07. The number of amides is 1. The van der Waals surface area contributed by atoms with Crippen molar-refractivity contribution < 1.29 is 4.79 Å². The van der Waals surface area contributed by atoms with E-state index in [1.54, 1.807) is 24.5 Å². The molecule has 0 spiro atoms. The van der Waals surface area contributed by atoms with Crippen LogP contribution in [0.25, 0.3) is 0 Å². The Hall–Kier alpha value is -2.43. The summed E-state index contributed by atoms with van der Waals surface area (Å²) in [6, 6.07) is 9.36. The van der Waals surface area contributed by atoms with Crippen molar-refractivity contribution in [2.45, 2.75) is 26.8 Å². The van der Waals surface area contributed by atoms with Crippen molar-refractivity contribution in [2.24, 2.45) is 5.92 Å². The van der Waals surface area contributed by atoms with E-state index in [-0.39, 0.29) is 5.91 Å². The summed E-state index contributed by atoms with van der Waals surface area (Å²) in [5.74, 6) is 1.23. The van der Waals surface area contributed by atoms with Gasteiger partial charge in [0.1, 0.15) is 5.82 Å². The summed E-state index contributed by atoms with van der Waals surface area (Å²) >= 11 is 0. The van der Waals surface area contributed by atoms with Gasteiger partial charge in [-0.05, 0) is 36.6 Å². The lowest BCUT2D eigenvalue weighted by Crippen LogP contribution is -2.25. The molecule has 2 aromatic heterocycles. The molecule has 5 heteroatoms. The number of nitrogens with one attached hydrogen (secondary N) is 2. The van der Waals surface area contributed by atoms with E-state index in [1.165, 1.54) is 0 Å². The Morgan fingerprint density at radius 1 is 1.18 bits per heavy atom. The second-order valence-electron chi connectivity index (χ2n) is 5.55. The van der Waals surface area contributed by atoms with E-state index in [0.29, 0.717) is 24.6 Å². The number of nitrogens with zero attached hydrogens (tertiary/aromatic N) is 2. The fraction of sp³-hybridized carbons (Fsp3) is 0.353. The number of carbonyl (C=O) groups excluding carboxylic acids is 1. The molecule has 0 aliphatic rings. The standard InChI is InChI=1S/C17H22N4O/c1-13(2)8-10-19-17(22)14-6-7-16(20-11-14)21-12-15-5-3-4-9-18-15/h3-7,9,11,13H,8,10,12H2,1-2H3,(H,19,22)(H,20,21). The SMILES string of the molecule is CC(C)CCNC(=O)c1ccc(NCc2ccccn2)nc1. The lowest BCUT2D eigenvalue weighted by atomic mass is 10.1. The van der Waals surface area contributed by atoms with E-state index in [0.717, 1.165) is 17.9 Å². The van der Waals surface area contributed by atoms with Crippen molar-refractivity contribution in [2.75, 3.05) is 11.9 Å². The summed E-state index contributed by atoms with van der Waals surface area (Å²) in [6.45, 7) is 5.56. The van der Waals surface area contributed by atoms with Crippen LogP contribution in [-0.2, 0) is 6.54 Å². The summed E-state index contributed by atoms with van der Waals surface area (Å²) in [5, 5.41) is 6.08. The number of aromatic nitrogens is 2. The van der Waals surface area contributed by atoms with Crippen LogP contribution < -0.4 is 10.6 Å². The summed E-state index contributed by atoms with van der Waals surface area (Å²) in [5.41, 5.74) is 1.52. The molecule has 0 saturated carbocycles. The van der Waals surface area contributed by atoms with Gasteiger partial charge in [0.15, 0.2) is 0 Å². The van der Waals surface area contributed by atoms with Crippen LogP contribution in [-0.4, -0.2) is 22.4 Å². The largest absolute Gasteiger partial charge is 0.364 e. The topological polar surface area (TPSA) is 66.9 Å². The Labute approximate surface area is 131 Å². The number of hydrogen-bond donors (Lipinski definition) is 2. The van der Waals surface area contributed by atoms with Gasteiger partial charge < -0.3 is 10.6 Å². The minimum atomic E-state index is -0.0792. The van der Waals surface area contributed by atoms with Gasteiger partial charge in [0.05, 0.1) is 17.8 Å². The fourth-order valence-electron chi connectivity index (χ4n) is 1.89. The molecule has 2 rings (SSSR count). The first-order valence-corrected chi connectivity index (χ1v) is 7.53. The van der Waals surface area contributed by atoms with Crippen molar-refractivity contribution in [1.82, 2.24) is 15.3 Å². The predicted molar refractivity (Wildman–Crippen MR) is 87.6 cm³/mol. The fourth-order valence-corrected chi connectivity index (χ4v) is 1.89. The summed E-state index contributed by atoms with van der Waals surface area (Å²) < 4.78 is 0. The van der Waals surface area contributed by atoms with Crippen LogP contribution in [0.5, 0.6) is 0 Å². The van der Waals surface area contributed by atoms with Crippen LogP contribution in [0.1, 0.15) is 36.3 Å². The maximum Gasteiger partial charge on any atom is 0.252 e. The Bertz CT molecular complexity index is 581. The van der Waals surface area contributed by atoms with E-state index < -0.39 is 0 Å². The van der Waals surface area contributed by atoms with E-state index in [1.807, 2.05) is 18.2 Å². The van der Waals surface area contributed by atoms with Crippen molar-refractivity contribution in [3.05, 3.63) is 54.0 Å². The van der Waals surface area contributed by atoms with Crippen molar-refractivity contribution >= 4 is 11.7 Å². The molecular weight excluding hydrogens is 276 g/mol. The highest BCUT2D eigenvalue weighted by Gasteiger charge is 2.06. The average molecular weight is 298 g/mol. The van der Waals surface area contributed by atoms with Gasteiger partial charge in [-0.1, -0.05) is 19.9 Å². The molecule has 0 aromatic carbocycles. The van der Waals surface area contributed by atoms with E-state index >= 15 is 0 Å². The minimum absolute atomic E-state index is 0.0792. The number of rotatable bonds is 7. The zero-order valence-corrected chi connectivity index (χ0v) is 13.0. The third-order valence-corrected chi connectivity index (χ3v) is 3.21. The highest BCUT2D eigenvalue weighted by atomic mass is 16.1. The molecule has 22 heavy (non-hydrogen) atoms. The molecular formula is C17H22N4O. The maximum absolute atomic E-state index is 11.9. The van der Waals surface area contributed by atoms with Gasteiger partial charge in [0.25, 0.3) is 5.91 Å². The Balaban J connectivity index is 1.83. The van der Waals surface area contributed by atoms with E-state index in [2.05, 4.69) is 34.4 Å². The maximum atomic E-state index is 11.9. The molecule has 2 aromatic rings. The molecule has 0 aliphatic heterocycles. The molecule has 0 fully saturated rings. The van der Waals surface area contributed by atoms with Gasteiger partial charge in [0, 0.05) is 18.9 Å². The average Bonchev–Trinajstić information content (AvgIpc) is 2.54. The lowest BCUT2D eigenvalue weighted by Gasteiger charge is -2.08. The van der Waals surface area contributed by atoms with Crippen LogP contribution in [0.2, 0.25) is 0 Å². The molecule has 0 unspecified atom stereocenters. The molecule has 2 heterocycles. The summed E-state index contributed by atoms with van der Waals surface area (Å²) in [6.07, 6.45) is 4.32. The quantitative estimate of drug-likeness (QED) is 0.825. The van der Waals surface area contributed by atoms with Crippen LogP contribution in [0.4, 0.5) is 5.82 Å². The smallest absolute Gasteiger partial charge is 0.252 e. The van der Waals surface area contributed by atoms with Crippen LogP contribution in [0, 0.1) is 5.92 Å². The number of carbonyl (C=O) groups is 1. The van der Waals surface area contributed by atoms with Crippen molar-refractivity contribution in [3.63, 3.8) is 0 Å². The molecule has 0 saturated heterocycles. The first-order valence-electron chi connectivity index (χ1n) is 7.53. The number of pyridine rings is 2. The first-order chi connectivity index (χ1) is 10.6. The third kappa shape index (κ3) is 5.16. The molecule has 116 valence electrons. The van der Waals surface area contributed by atoms with Crippen LogP contribution in [0.15, 0.2) is 42.7 Å². The Kier molecular flexibility index (Phi) is 5.89. The van der Waals surface area contributed by atoms with Crippen LogP contribution in [0.3, 0.4) is 0 Å². The monoisotopic (exact) mass is 298 g/mol. The van der Waals surface area contributed by atoms with Gasteiger partial charge in [-0.25, -0.2) is 4.98 Å². The molecule has 0 aliphatic carbocycles. The molecule has 0 radical (unpaired) electrons. The first kappa shape index (κ1) is 15.9. The van der Waals surface area contributed by atoms with Gasteiger partial charge >= 0.3 is 0 Å². The number of hydrogen-bond acceptors (Lipinski definition) is 4. The molecule has 0 atom stereocenters. The normalized spacial score (nSPS) is 10.5. The highest BCUT2D eigenvalue weighted by molar-refractivity contribution is 5.94. The minimum Gasteiger partial charge on any atom is -0.364 e. The summed E-state index contributed by atoms with van der Waals surface area (Å²) in [4.78, 5) is 20.4. The molecule has 1 amide bonds. The van der Waals surface area contributed by atoms with Crippen LogP contribution >= 0.6 is 0 Å². The van der Waals surface area contributed by atoms with E-state index in [4.69, 9.17) is 0 Å². The van der Waals surface area contributed by atoms with E-state index in [9.17, 15) is 4.79 Å². The lowest BCUT2D eigenvalue weighted by molar-refractivity contribution is 0.0951. The second-order valence-corrected chi connectivity index (χ2v) is 5.55. The predicted octanol–water partition coefficient (Wildman–Crippen LogP) is 2.86. The van der Waals surface area contributed by atoms with Gasteiger partial charge in [-0.3, -0.25) is 9.78 Å². The molecule has 5 nitrogen and oxygen atoms in total. The molecule has 2 N–H and O–H groups in total. The second kappa shape index (κ2) is 8.12. The molecule has 0 bridgehead atoms. The van der Waals surface area contributed by atoms with Gasteiger partial charge in [0.2, 0.25) is 0 Å². The Morgan fingerprint density at radius 3 is 2.68 bits per heavy atom. The van der Waals surface area contributed by atoms with Gasteiger partial charge in [-0.15, -0.1) is 0 Å². The van der Waals surface area contributed by atoms with Gasteiger partial charge in [-0.2, -0.15) is 0 Å². The Morgan fingerprint density at radius 2 is 2.05 bits per heavy atom. The van der Waals surface area contributed by atoms with Crippen molar-refractivity contribution in [1.29, 1.82) is 0 Å².